The molecule has 0 fully saturated rings. The number of hydrogen-bond acceptors (Lipinski definition) is 2. The Bertz CT molecular complexity index is 398. The predicted octanol–water partition coefficient (Wildman–Crippen LogP) is 4.43. The molecule has 1 aromatic rings. The summed E-state index contributed by atoms with van der Waals surface area (Å²) in [5.41, 5.74) is 3.04. The number of hydrogen-bond donors (Lipinski definition) is 0. The first-order valence-electron chi connectivity index (χ1n) is 6.97. The fraction of sp³-hybridized carbons (Fsp3) is 0.625. The Morgan fingerprint density at radius 3 is 2.94 bits per heavy atom. The Labute approximate surface area is 115 Å². The summed E-state index contributed by atoms with van der Waals surface area (Å²) in [6, 6.07) is 6.83. The fourth-order valence-electron chi connectivity index (χ4n) is 2.38. The van der Waals surface area contributed by atoms with Gasteiger partial charge in [-0.2, -0.15) is 11.8 Å². The van der Waals surface area contributed by atoms with Crippen LogP contribution in [0.4, 0.5) is 0 Å². The van der Waals surface area contributed by atoms with Gasteiger partial charge in [0, 0.05) is 0 Å². The molecule has 1 aliphatic rings. The Morgan fingerprint density at radius 1 is 1.33 bits per heavy atom. The molecule has 1 aromatic carbocycles. The molecule has 0 atom stereocenters. The van der Waals surface area contributed by atoms with Crippen LogP contribution in [0.5, 0.6) is 5.75 Å². The maximum Gasteiger partial charge on any atom is 0.122 e. The molecule has 0 spiro atoms. The fourth-order valence-corrected chi connectivity index (χ4v) is 3.32. The standard InChI is InChI=1S/C16H24OS/c1-4-18-11-9-16(2,3)14-8-7-13-6-5-10-17-15(13)12-14/h7-8,12H,4-6,9-11H2,1-3H3. The lowest BCUT2D eigenvalue weighted by atomic mass is 9.81. The monoisotopic (exact) mass is 264 g/mol. The molecule has 0 saturated heterocycles. The molecule has 100 valence electrons. The number of rotatable bonds is 5. The third-order valence-electron chi connectivity index (χ3n) is 3.77. The first-order chi connectivity index (χ1) is 8.63. The molecule has 0 aromatic heterocycles. The summed E-state index contributed by atoms with van der Waals surface area (Å²) in [4.78, 5) is 0. The van der Waals surface area contributed by atoms with E-state index in [2.05, 4.69) is 39.0 Å². The Balaban J connectivity index is 2.11. The zero-order chi connectivity index (χ0) is 13.0. The zero-order valence-corrected chi connectivity index (χ0v) is 12.6. The van der Waals surface area contributed by atoms with E-state index in [1.54, 1.807) is 0 Å². The zero-order valence-electron chi connectivity index (χ0n) is 11.8. The van der Waals surface area contributed by atoms with Gasteiger partial charge in [-0.05, 0) is 53.4 Å². The van der Waals surface area contributed by atoms with Gasteiger partial charge in [0.15, 0.2) is 0 Å². The van der Waals surface area contributed by atoms with Crippen molar-refractivity contribution >= 4 is 11.8 Å². The molecule has 0 aliphatic carbocycles. The van der Waals surface area contributed by atoms with Gasteiger partial charge in [0.2, 0.25) is 0 Å². The lowest BCUT2D eigenvalue weighted by molar-refractivity contribution is 0.287. The van der Waals surface area contributed by atoms with Crippen LogP contribution in [-0.2, 0) is 11.8 Å². The molecular weight excluding hydrogens is 240 g/mol. The van der Waals surface area contributed by atoms with Crippen LogP contribution < -0.4 is 4.74 Å². The summed E-state index contributed by atoms with van der Waals surface area (Å²) in [6.45, 7) is 7.79. The Kier molecular flexibility index (Phi) is 4.60. The van der Waals surface area contributed by atoms with Gasteiger partial charge in [-0.3, -0.25) is 0 Å². The van der Waals surface area contributed by atoms with Crippen LogP contribution >= 0.6 is 11.8 Å². The van der Waals surface area contributed by atoms with E-state index in [1.165, 1.54) is 35.5 Å². The van der Waals surface area contributed by atoms with E-state index in [9.17, 15) is 0 Å². The van der Waals surface area contributed by atoms with Crippen molar-refractivity contribution in [2.45, 2.75) is 45.4 Å². The minimum atomic E-state index is 0.248. The Morgan fingerprint density at radius 2 is 2.17 bits per heavy atom. The van der Waals surface area contributed by atoms with Gasteiger partial charge < -0.3 is 4.74 Å². The lowest BCUT2D eigenvalue weighted by Crippen LogP contribution is -2.19. The van der Waals surface area contributed by atoms with Crippen molar-refractivity contribution in [2.24, 2.45) is 0 Å². The molecule has 1 heterocycles. The highest BCUT2D eigenvalue weighted by Crippen LogP contribution is 2.34. The van der Waals surface area contributed by atoms with Crippen molar-refractivity contribution in [3.8, 4) is 5.75 Å². The van der Waals surface area contributed by atoms with E-state index in [0.717, 1.165) is 18.8 Å². The van der Waals surface area contributed by atoms with Gasteiger partial charge in [-0.25, -0.2) is 0 Å². The van der Waals surface area contributed by atoms with Crippen molar-refractivity contribution in [3.63, 3.8) is 0 Å². The van der Waals surface area contributed by atoms with Gasteiger partial charge in [0.05, 0.1) is 6.61 Å². The van der Waals surface area contributed by atoms with E-state index in [4.69, 9.17) is 4.74 Å². The molecule has 0 saturated carbocycles. The van der Waals surface area contributed by atoms with Gasteiger partial charge >= 0.3 is 0 Å². The summed E-state index contributed by atoms with van der Waals surface area (Å²) in [5, 5.41) is 0. The summed E-state index contributed by atoms with van der Waals surface area (Å²) in [7, 11) is 0. The molecule has 0 amide bonds. The van der Waals surface area contributed by atoms with Crippen LogP contribution in [-0.4, -0.2) is 18.1 Å². The van der Waals surface area contributed by atoms with E-state index < -0.39 is 0 Å². The minimum absolute atomic E-state index is 0.248. The average molecular weight is 264 g/mol. The minimum Gasteiger partial charge on any atom is -0.493 e. The van der Waals surface area contributed by atoms with Crippen molar-refractivity contribution in [1.29, 1.82) is 0 Å². The number of aryl methyl sites for hydroxylation is 1. The van der Waals surface area contributed by atoms with Crippen molar-refractivity contribution < 1.29 is 4.74 Å². The maximum atomic E-state index is 5.78. The summed E-state index contributed by atoms with van der Waals surface area (Å²) in [5.74, 6) is 3.57. The van der Waals surface area contributed by atoms with Crippen LogP contribution in [0, 0.1) is 0 Å². The molecule has 0 unspecified atom stereocenters. The number of ether oxygens (including phenoxy) is 1. The third kappa shape index (κ3) is 3.23. The number of benzene rings is 1. The normalized spacial score (nSPS) is 15.1. The largest absolute Gasteiger partial charge is 0.493 e. The van der Waals surface area contributed by atoms with E-state index in [0.29, 0.717) is 0 Å². The number of fused-ring (bicyclic) bond motifs is 1. The summed E-state index contributed by atoms with van der Waals surface area (Å²) in [6.07, 6.45) is 3.55. The van der Waals surface area contributed by atoms with Gasteiger partial charge in [-0.1, -0.05) is 32.9 Å². The quantitative estimate of drug-likeness (QED) is 0.727. The van der Waals surface area contributed by atoms with Crippen LogP contribution in [0.25, 0.3) is 0 Å². The molecular formula is C16H24OS. The van der Waals surface area contributed by atoms with Gasteiger partial charge in [-0.15, -0.1) is 0 Å². The lowest BCUT2D eigenvalue weighted by Gasteiger charge is -2.27. The second kappa shape index (κ2) is 6.01. The first kappa shape index (κ1) is 13.8. The highest BCUT2D eigenvalue weighted by molar-refractivity contribution is 7.99. The summed E-state index contributed by atoms with van der Waals surface area (Å²) < 4.78 is 5.78. The second-order valence-corrected chi connectivity index (χ2v) is 7.00. The highest BCUT2D eigenvalue weighted by atomic mass is 32.2. The van der Waals surface area contributed by atoms with Crippen LogP contribution in [0.3, 0.4) is 0 Å². The molecule has 1 aliphatic heterocycles. The molecule has 1 nitrogen and oxygen atoms in total. The molecule has 2 heteroatoms. The smallest absolute Gasteiger partial charge is 0.122 e. The molecule has 18 heavy (non-hydrogen) atoms. The third-order valence-corrected chi connectivity index (χ3v) is 4.67. The predicted molar refractivity (Wildman–Crippen MR) is 80.9 cm³/mol. The first-order valence-corrected chi connectivity index (χ1v) is 8.13. The SMILES string of the molecule is CCSCCC(C)(C)c1ccc2c(c1)OCCC2. The molecule has 2 rings (SSSR count). The van der Waals surface area contributed by atoms with Crippen molar-refractivity contribution in [2.75, 3.05) is 18.1 Å². The van der Waals surface area contributed by atoms with E-state index in [1.807, 2.05) is 11.8 Å². The Hall–Kier alpha value is -0.630. The average Bonchev–Trinajstić information content (AvgIpc) is 2.38. The molecule has 0 bridgehead atoms. The van der Waals surface area contributed by atoms with Gasteiger partial charge in [0.1, 0.15) is 5.75 Å². The van der Waals surface area contributed by atoms with Crippen molar-refractivity contribution in [3.05, 3.63) is 29.3 Å². The number of thioether (sulfide) groups is 1. The van der Waals surface area contributed by atoms with Gasteiger partial charge in [0.25, 0.3) is 0 Å². The molecule has 0 N–H and O–H groups in total. The van der Waals surface area contributed by atoms with Crippen LogP contribution in [0.15, 0.2) is 18.2 Å². The van der Waals surface area contributed by atoms with E-state index >= 15 is 0 Å². The van der Waals surface area contributed by atoms with Crippen LogP contribution in [0.1, 0.15) is 44.7 Å². The van der Waals surface area contributed by atoms with Crippen LogP contribution in [0.2, 0.25) is 0 Å². The molecule has 0 radical (unpaired) electrons. The maximum absolute atomic E-state index is 5.78. The van der Waals surface area contributed by atoms with Crippen molar-refractivity contribution in [1.82, 2.24) is 0 Å². The highest BCUT2D eigenvalue weighted by Gasteiger charge is 2.22. The summed E-state index contributed by atoms with van der Waals surface area (Å²) >= 11 is 2.03. The van der Waals surface area contributed by atoms with E-state index in [-0.39, 0.29) is 5.41 Å². The second-order valence-electron chi connectivity index (χ2n) is 5.61. The topological polar surface area (TPSA) is 9.23 Å².